The van der Waals surface area contributed by atoms with Crippen LogP contribution >= 0.6 is 22.9 Å². The van der Waals surface area contributed by atoms with Crippen LogP contribution in [-0.2, 0) is 20.0 Å². The monoisotopic (exact) mass is 530 g/mol. The van der Waals surface area contributed by atoms with Gasteiger partial charge in [0.25, 0.3) is 10.0 Å². The van der Waals surface area contributed by atoms with Gasteiger partial charge in [-0.25, -0.2) is 21.6 Å². The minimum Gasteiger partial charge on any atom is -0.497 e. The van der Waals surface area contributed by atoms with Gasteiger partial charge in [0.2, 0.25) is 15.2 Å². The summed E-state index contributed by atoms with van der Waals surface area (Å²) in [6.45, 7) is 3.88. The molecule has 178 valence electrons. The topological polar surface area (TPSA) is 127 Å². The Morgan fingerprint density at radius 1 is 0.939 bits per heavy atom. The zero-order valence-electron chi connectivity index (χ0n) is 18.0. The fourth-order valence-corrected chi connectivity index (χ4v) is 6.34. The summed E-state index contributed by atoms with van der Waals surface area (Å²) in [5.41, 5.74) is 0. The third-order valence-electron chi connectivity index (χ3n) is 4.46. The third-order valence-corrected chi connectivity index (χ3v) is 8.63. The van der Waals surface area contributed by atoms with Gasteiger partial charge >= 0.3 is 0 Å². The predicted octanol–water partition coefficient (Wildman–Crippen LogP) is 4.07. The Kier molecular flexibility index (Phi) is 7.96. The first-order valence-electron chi connectivity index (χ1n) is 9.78. The molecule has 0 saturated heterocycles. The van der Waals surface area contributed by atoms with Gasteiger partial charge in [-0.1, -0.05) is 36.8 Å². The summed E-state index contributed by atoms with van der Waals surface area (Å²) < 4.78 is 61.1. The minimum atomic E-state index is -3.90. The zero-order chi connectivity index (χ0) is 24.2. The number of methoxy groups -OCH3 is 1. The van der Waals surface area contributed by atoms with E-state index in [2.05, 4.69) is 19.6 Å². The summed E-state index contributed by atoms with van der Waals surface area (Å²) in [5, 5.41) is 8.74. The molecule has 0 aliphatic heterocycles. The van der Waals surface area contributed by atoms with Crippen molar-refractivity contribution in [3.8, 4) is 5.75 Å². The zero-order valence-corrected chi connectivity index (χ0v) is 21.2. The van der Waals surface area contributed by atoms with Gasteiger partial charge in [-0.15, -0.1) is 10.2 Å². The Labute approximate surface area is 202 Å². The van der Waals surface area contributed by atoms with Crippen LogP contribution in [0.15, 0.2) is 58.3 Å². The second-order valence-electron chi connectivity index (χ2n) is 7.48. The average molecular weight is 531 g/mol. The number of hydrogen-bond donors (Lipinski definition) is 2. The molecule has 0 saturated carbocycles. The van der Waals surface area contributed by atoms with Gasteiger partial charge in [0.05, 0.1) is 22.9 Å². The first-order valence-corrected chi connectivity index (χ1v) is 13.9. The van der Waals surface area contributed by atoms with Gasteiger partial charge in [0.15, 0.2) is 0 Å². The van der Waals surface area contributed by atoms with Crippen molar-refractivity contribution >= 4 is 48.1 Å². The molecule has 13 heteroatoms. The first-order chi connectivity index (χ1) is 15.5. The summed E-state index contributed by atoms with van der Waals surface area (Å²) in [6, 6.07) is 11.0. The molecule has 2 aromatic carbocycles. The molecular weight excluding hydrogens is 508 g/mol. The van der Waals surface area contributed by atoms with Crippen LogP contribution < -0.4 is 14.2 Å². The number of ether oxygens (including phenoxy) is 1. The van der Waals surface area contributed by atoms with E-state index < -0.39 is 26.1 Å². The van der Waals surface area contributed by atoms with Gasteiger partial charge in [-0.05, 0) is 60.9 Å². The molecule has 0 bridgehead atoms. The molecule has 1 heterocycles. The smallest absolute Gasteiger partial charge is 0.263 e. The average Bonchev–Trinajstić information content (AvgIpc) is 3.21. The lowest BCUT2D eigenvalue weighted by atomic mass is 10.1. The van der Waals surface area contributed by atoms with Crippen molar-refractivity contribution in [3.05, 3.63) is 58.6 Å². The summed E-state index contributed by atoms with van der Waals surface area (Å²) in [5.74, 6) is 0.655. The van der Waals surface area contributed by atoms with Crippen molar-refractivity contribution in [3.63, 3.8) is 0 Å². The lowest BCUT2D eigenvalue weighted by molar-refractivity contribution is 0.414. The van der Waals surface area contributed by atoms with Gasteiger partial charge in [-0.2, -0.15) is 0 Å². The number of rotatable bonds is 10. The summed E-state index contributed by atoms with van der Waals surface area (Å²) >= 11 is 6.82. The van der Waals surface area contributed by atoms with E-state index in [1.807, 2.05) is 13.8 Å². The van der Waals surface area contributed by atoms with Crippen LogP contribution in [0.3, 0.4) is 0 Å². The van der Waals surface area contributed by atoms with E-state index in [0.29, 0.717) is 22.2 Å². The summed E-state index contributed by atoms with van der Waals surface area (Å²) in [6.07, 6.45) is 0.437. The van der Waals surface area contributed by atoms with Gasteiger partial charge < -0.3 is 4.74 Å². The van der Waals surface area contributed by atoms with Crippen LogP contribution in [0.4, 0.5) is 5.13 Å². The highest BCUT2D eigenvalue weighted by atomic mass is 35.5. The fraction of sp³-hybridized carbons (Fsp3) is 0.300. The van der Waals surface area contributed by atoms with E-state index in [0.717, 1.165) is 11.3 Å². The molecule has 0 aliphatic carbocycles. The van der Waals surface area contributed by atoms with E-state index >= 15 is 0 Å². The molecule has 0 spiro atoms. The highest BCUT2D eigenvalue weighted by Crippen LogP contribution is 2.30. The Hall–Kier alpha value is -2.25. The second kappa shape index (κ2) is 10.3. The molecule has 33 heavy (non-hydrogen) atoms. The Morgan fingerprint density at radius 3 is 2.09 bits per heavy atom. The first kappa shape index (κ1) is 25.4. The van der Waals surface area contributed by atoms with Gasteiger partial charge in [0.1, 0.15) is 10.8 Å². The van der Waals surface area contributed by atoms with Crippen molar-refractivity contribution in [1.82, 2.24) is 14.9 Å². The maximum absolute atomic E-state index is 12.9. The van der Waals surface area contributed by atoms with Crippen LogP contribution in [0.2, 0.25) is 5.02 Å². The molecule has 0 radical (unpaired) electrons. The van der Waals surface area contributed by atoms with Gasteiger partial charge in [-0.3, -0.25) is 4.72 Å². The highest BCUT2D eigenvalue weighted by molar-refractivity contribution is 7.93. The Balaban J connectivity index is 1.82. The highest BCUT2D eigenvalue weighted by Gasteiger charge is 2.26. The molecule has 9 nitrogen and oxygen atoms in total. The number of halogens is 1. The van der Waals surface area contributed by atoms with Crippen LogP contribution in [0, 0.1) is 5.92 Å². The Bertz CT molecular complexity index is 1290. The number of benzene rings is 2. The third kappa shape index (κ3) is 6.64. The molecule has 3 aromatic rings. The van der Waals surface area contributed by atoms with Crippen molar-refractivity contribution in [2.45, 2.75) is 36.1 Å². The quantitative estimate of drug-likeness (QED) is 0.404. The van der Waals surface area contributed by atoms with E-state index in [-0.39, 0.29) is 20.8 Å². The van der Waals surface area contributed by atoms with E-state index in [4.69, 9.17) is 16.3 Å². The number of aromatic nitrogens is 2. The van der Waals surface area contributed by atoms with Crippen molar-refractivity contribution in [2.24, 2.45) is 5.92 Å². The van der Waals surface area contributed by atoms with Crippen LogP contribution in [-0.4, -0.2) is 34.1 Å². The summed E-state index contributed by atoms with van der Waals surface area (Å²) in [7, 11) is -6.29. The van der Waals surface area contributed by atoms with Crippen LogP contribution in [0.5, 0.6) is 5.75 Å². The molecule has 1 atom stereocenters. The molecule has 1 aromatic heterocycles. The number of sulfonamides is 2. The lowest BCUT2D eigenvalue weighted by Gasteiger charge is -2.18. The molecule has 0 amide bonds. The lowest BCUT2D eigenvalue weighted by Crippen LogP contribution is -2.29. The molecule has 1 unspecified atom stereocenters. The van der Waals surface area contributed by atoms with E-state index in [9.17, 15) is 16.8 Å². The SMILES string of the molecule is COc1ccc(S(=O)(=O)Nc2nnc(C(CC(C)C)NS(=O)(=O)c3ccc(Cl)cc3)s2)cc1. The predicted molar refractivity (Wildman–Crippen MR) is 128 cm³/mol. The number of hydrogen-bond acceptors (Lipinski definition) is 8. The largest absolute Gasteiger partial charge is 0.497 e. The number of nitrogens with zero attached hydrogens (tertiary/aromatic N) is 2. The maximum atomic E-state index is 12.9. The molecule has 0 aliphatic rings. The van der Waals surface area contributed by atoms with Crippen molar-refractivity contribution in [1.29, 1.82) is 0 Å². The Morgan fingerprint density at radius 2 is 1.52 bits per heavy atom. The molecule has 2 N–H and O–H groups in total. The number of nitrogens with one attached hydrogen (secondary N) is 2. The molecular formula is C20H23ClN4O5S3. The number of anilines is 1. The van der Waals surface area contributed by atoms with E-state index in [1.165, 1.54) is 55.6 Å². The fourth-order valence-electron chi connectivity index (χ4n) is 2.89. The minimum absolute atomic E-state index is 0.0280. The maximum Gasteiger partial charge on any atom is 0.263 e. The van der Waals surface area contributed by atoms with E-state index in [1.54, 1.807) is 0 Å². The van der Waals surface area contributed by atoms with Crippen LogP contribution in [0.1, 0.15) is 31.3 Å². The molecule has 0 fully saturated rings. The summed E-state index contributed by atoms with van der Waals surface area (Å²) in [4.78, 5) is 0.0906. The van der Waals surface area contributed by atoms with Crippen molar-refractivity contribution in [2.75, 3.05) is 11.8 Å². The second-order valence-corrected chi connectivity index (χ2v) is 12.3. The van der Waals surface area contributed by atoms with Gasteiger partial charge in [0, 0.05) is 5.02 Å². The molecule has 3 rings (SSSR count). The standard InChI is InChI=1S/C20H23ClN4O5S3/c1-13(2)12-18(24-32(26,27)16-8-4-14(21)5-9-16)19-22-23-20(31-19)25-33(28,29)17-10-6-15(30-3)7-11-17/h4-11,13,18,24H,12H2,1-3H3,(H,23,25). The normalized spacial score (nSPS) is 13.1. The van der Waals surface area contributed by atoms with Crippen molar-refractivity contribution < 1.29 is 21.6 Å². The van der Waals surface area contributed by atoms with Crippen LogP contribution in [0.25, 0.3) is 0 Å².